The molecule has 2 aliphatic rings. The Balaban J connectivity index is 1.81. The SMILES string of the molecule is NC[C@@H](NC1CCC1)C(=O)Nc1ccc(N2CCOCC2=O)cc1C(F)(F)F. The maximum absolute atomic E-state index is 13.6. The van der Waals surface area contributed by atoms with Gasteiger partial charge in [0.15, 0.2) is 0 Å². The number of benzene rings is 1. The number of carbonyl (C=O) groups is 2. The van der Waals surface area contributed by atoms with Crippen molar-refractivity contribution in [2.45, 2.75) is 37.5 Å². The minimum absolute atomic E-state index is 0.0238. The van der Waals surface area contributed by atoms with Gasteiger partial charge in [0.2, 0.25) is 5.91 Å². The lowest BCUT2D eigenvalue weighted by atomic mass is 9.92. The van der Waals surface area contributed by atoms with Crippen molar-refractivity contribution in [3.05, 3.63) is 23.8 Å². The van der Waals surface area contributed by atoms with E-state index in [9.17, 15) is 22.8 Å². The molecule has 0 unspecified atom stereocenters. The van der Waals surface area contributed by atoms with E-state index in [1.807, 2.05) is 0 Å². The molecule has 28 heavy (non-hydrogen) atoms. The summed E-state index contributed by atoms with van der Waals surface area (Å²) in [5.74, 6) is -1.03. The minimum atomic E-state index is -4.70. The molecular formula is C18H23F3N4O3. The molecule has 1 atom stereocenters. The Hall–Kier alpha value is -2.17. The highest BCUT2D eigenvalue weighted by Gasteiger charge is 2.36. The number of hydrogen-bond acceptors (Lipinski definition) is 5. The summed E-state index contributed by atoms with van der Waals surface area (Å²) in [5, 5.41) is 5.40. The molecule has 0 bridgehead atoms. The van der Waals surface area contributed by atoms with E-state index in [0.29, 0.717) is 0 Å². The number of morpholine rings is 1. The smallest absolute Gasteiger partial charge is 0.370 e. The van der Waals surface area contributed by atoms with Gasteiger partial charge >= 0.3 is 6.18 Å². The highest BCUT2D eigenvalue weighted by Crippen LogP contribution is 2.37. The highest BCUT2D eigenvalue weighted by atomic mass is 19.4. The monoisotopic (exact) mass is 400 g/mol. The first-order valence-corrected chi connectivity index (χ1v) is 9.16. The number of halogens is 3. The molecule has 10 heteroatoms. The van der Waals surface area contributed by atoms with Gasteiger partial charge in [0.25, 0.3) is 5.91 Å². The molecule has 1 aromatic carbocycles. The largest absolute Gasteiger partial charge is 0.418 e. The van der Waals surface area contributed by atoms with Crippen LogP contribution in [-0.2, 0) is 20.5 Å². The van der Waals surface area contributed by atoms with Crippen LogP contribution in [0.25, 0.3) is 0 Å². The molecule has 1 heterocycles. The minimum Gasteiger partial charge on any atom is -0.370 e. The average molecular weight is 400 g/mol. The van der Waals surface area contributed by atoms with Gasteiger partial charge in [-0.2, -0.15) is 13.2 Å². The molecule has 154 valence electrons. The third kappa shape index (κ3) is 4.62. The normalized spacial score (nSPS) is 19.3. The van der Waals surface area contributed by atoms with E-state index in [-0.39, 0.29) is 43.7 Å². The van der Waals surface area contributed by atoms with E-state index in [2.05, 4.69) is 10.6 Å². The van der Waals surface area contributed by atoms with Crippen molar-refractivity contribution in [3.8, 4) is 0 Å². The summed E-state index contributed by atoms with van der Waals surface area (Å²) in [6, 6.07) is 2.80. The molecule has 0 aromatic heterocycles. The number of amides is 2. The summed E-state index contributed by atoms with van der Waals surface area (Å²) in [4.78, 5) is 25.6. The van der Waals surface area contributed by atoms with Crippen LogP contribution in [0.5, 0.6) is 0 Å². The van der Waals surface area contributed by atoms with Crippen LogP contribution in [0.3, 0.4) is 0 Å². The van der Waals surface area contributed by atoms with Gasteiger partial charge in [-0.3, -0.25) is 9.59 Å². The maximum atomic E-state index is 13.6. The summed E-state index contributed by atoms with van der Waals surface area (Å²) < 4.78 is 45.7. The molecule has 3 rings (SSSR count). The topological polar surface area (TPSA) is 96.7 Å². The van der Waals surface area contributed by atoms with Crippen LogP contribution in [0.4, 0.5) is 24.5 Å². The Morgan fingerprint density at radius 1 is 1.36 bits per heavy atom. The van der Waals surface area contributed by atoms with E-state index in [1.165, 1.54) is 11.0 Å². The van der Waals surface area contributed by atoms with Gasteiger partial charge in [-0.05, 0) is 31.0 Å². The first-order chi connectivity index (χ1) is 13.3. The van der Waals surface area contributed by atoms with Crippen molar-refractivity contribution >= 4 is 23.2 Å². The van der Waals surface area contributed by atoms with Gasteiger partial charge in [0.1, 0.15) is 6.61 Å². The zero-order chi connectivity index (χ0) is 20.3. The summed E-state index contributed by atoms with van der Waals surface area (Å²) in [7, 11) is 0. The van der Waals surface area contributed by atoms with Crippen molar-refractivity contribution in [2.75, 3.05) is 36.5 Å². The average Bonchev–Trinajstić information content (AvgIpc) is 2.61. The molecule has 0 radical (unpaired) electrons. The Morgan fingerprint density at radius 3 is 2.68 bits per heavy atom. The second-order valence-electron chi connectivity index (χ2n) is 6.90. The number of ether oxygens (including phenoxy) is 1. The first-order valence-electron chi connectivity index (χ1n) is 9.16. The molecule has 2 fully saturated rings. The summed E-state index contributed by atoms with van der Waals surface area (Å²) in [6.45, 7) is 0.216. The molecule has 1 saturated heterocycles. The Labute approximate surface area is 160 Å². The van der Waals surface area contributed by atoms with Crippen molar-refractivity contribution in [2.24, 2.45) is 5.73 Å². The van der Waals surface area contributed by atoms with E-state index in [0.717, 1.165) is 31.4 Å². The summed E-state index contributed by atoms with van der Waals surface area (Å²) >= 11 is 0. The molecular weight excluding hydrogens is 377 g/mol. The Bertz CT molecular complexity index is 737. The van der Waals surface area contributed by atoms with E-state index in [4.69, 9.17) is 10.5 Å². The van der Waals surface area contributed by atoms with Gasteiger partial charge in [-0.25, -0.2) is 0 Å². The quantitative estimate of drug-likeness (QED) is 0.672. The van der Waals surface area contributed by atoms with E-state index in [1.54, 1.807) is 0 Å². The van der Waals surface area contributed by atoms with Crippen molar-refractivity contribution in [1.82, 2.24) is 5.32 Å². The zero-order valence-corrected chi connectivity index (χ0v) is 15.2. The number of nitrogens with one attached hydrogen (secondary N) is 2. The van der Waals surface area contributed by atoms with Crippen LogP contribution < -0.4 is 21.3 Å². The van der Waals surface area contributed by atoms with Gasteiger partial charge < -0.3 is 26.0 Å². The molecule has 2 amide bonds. The number of rotatable bonds is 6. The summed E-state index contributed by atoms with van der Waals surface area (Å²) in [5.41, 5.74) is 4.34. The fraction of sp³-hybridized carbons (Fsp3) is 0.556. The van der Waals surface area contributed by atoms with Crippen molar-refractivity contribution in [1.29, 1.82) is 0 Å². The number of anilines is 2. The third-order valence-electron chi connectivity index (χ3n) is 4.96. The number of carbonyl (C=O) groups excluding carboxylic acids is 2. The van der Waals surface area contributed by atoms with E-state index < -0.39 is 29.6 Å². The fourth-order valence-corrected chi connectivity index (χ4v) is 3.16. The molecule has 1 aliphatic heterocycles. The van der Waals surface area contributed by atoms with E-state index >= 15 is 0 Å². The fourth-order valence-electron chi connectivity index (χ4n) is 3.16. The van der Waals surface area contributed by atoms with Crippen LogP contribution >= 0.6 is 0 Å². The third-order valence-corrected chi connectivity index (χ3v) is 4.96. The lowest BCUT2D eigenvalue weighted by Crippen LogP contribution is -2.52. The van der Waals surface area contributed by atoms with Gasteiger partial charge in [0.05, 0.1) is 23.9 Å². The van der Waals surface area contributed by atoms with Crippen LogP contribution in [0.2, 0.25) is 0 Å². The van der Waals surface area contributed by atoms with Crippen molar-refractivity contribution in [3.63, 3.8) is 0 Å². The van der Waals surface area contributed by atoms with Gasteiger partial charge in [0, 0.05) is 24.8 Å². The molecule has 4 N–H and O–H groups in total. The number of nitrogens with zero attached hydrogens (tertiary/aromatic N) is 1. The standard InChI is InChI=1S/C18H23F3N4O3/c19-18(20,21)13-8-12(25-6-7-28-10-16(25)26)4-5-14(13)24-17(27)15(9-22)23-11-2-1-3-11/h4-5,8,11,15,23H,1-3,6-7,9-10,22H2,(H,24,27)/t15-/m1/s1. The summed E-state index contributed by atoms with van der Waals surface area (Å²) in [6.07, 6.45) is -1.82. The molecule has 1 saturated carbocycles. The zero-order valence-electron chi connectivity index (χ0n) is 15.2. The molecule has 1 aliphatic carbocycles. The number of hydrogen-bond donors (Lipinski definition) is 3. The lowest BCUT2D eigenvalue weighted by molar-refractivity contribution is -0.137. The van der Waals surface area contributed by atoms with Crippen molar-refractivity contribution < 1.29 is 27.5 Å². The number of alkyl halides is 3. The second-order valence-corrected chi connectivity index (χ2v) is 6.90. The molecule has 7 nitrogen and oxygen atoms in total. The second kappa shape index (κ2) is 8.46. The van der Waals surface area contributed by atoms with Gasteiger partial charge in [-0.15, -0.1) is 0 Å². The first kappa shape index (κ1) is 20.6. The molecule has 1 aromatic rings. The van der Waals surface area contributed by atoms with Gasteiger partial charge in [-0.1, -0.05) is 6.42 Å². The van der Waals surface area contributed by atoms with Crippen LogP contribution in [0.1, 0.15) is 24.8 Å². The van der Waals surface area contributed by atoms with Crippen LogP contribution in [0.15, 0.2) is 18.2 Å². The predicted molar refractivity (Wildman–Crippen MR) is 96.9 cm³/mol. The highest BCUT2D eigenvalue weighted by molar-refractivity contribution is 5.98. The van der Waals surface area contributed by atoms with Crippen LogP contribution in [0, 0.1) is 0 Å². The number of nitrogens with two attached hydrogens (primary N) is 1. The Kier molecular flexibility index (Phi) is 6.21. The Morgan fingerprint density at radius 2 is 2.11 bits per heavy atom. The maximum Gasteiger partial charge on any atom is 0.418 e. The lowest BCUT2D eigenvalue weighted by Gasteiger charge is -2.31. The molecule has 0 spiro atoms. The predicted octanol–water partition coefficient (Wildman–Crippen LogP) is 1.48. The van der Waals surface area contributed by atoms with Crippen LogP contribution in [-0.4, -0.2) is 50.2 Å².